The van der Waals surface area contributed by atoms with Crippen molar-refractivity contribution in [1.29, 1.82) is 0 Å². The van der Waals surface area contributed by atoms with Crippen LogP contribution in [0.15, 0.2) is 12.2 Å². The molecule has 0 unspecified atom stereocenters. The van der Waals surface area contributed by atoms with E-state index in [4.69, 9.17) is 9.84 Å². The van der Waals surface area contributed by atoms with Gasteiger partial charge in [-0.3, -0.25) is 0 Å². The second-order valence-electron chi connectivity index (χ2n) is 1.81. The highest BCUT2D eigenvalue weighted by Gasteiger charge is 1.86. The summed E-state index contributed by atoms with van der Waals surface area (Å²) in [6.07, 6.45) is 2.78. The zero-order valence-electron chi connectivity index (χ0n) is 6.45. The summed E-state index contributed by atoms with van der Waals surface area (Å²) in [6, 6.07) is 0. The van der Waals surface area contributed by atoms with Gasteiger partial charge in [0.15, 0.2) is 0 Å². The number of hydrogen-bond acceptors (Lipinski definition) is 3. The van der Waals surface area contributed by atoms with E-state index in [2.05, 4.69) is 0 Å². The molecule has 0 radical (unpaired) electrons. The summed E-state index contributed by atoms with van der Waals surface area (Å²) in [5.41, 5.74) is 0. The van der Waals surface area contributed by atoms with Gasteiger partial charge in [-0.15, -0.1) is 0 Å². The third-order valence-electron chi connectivity index (χ3n) is 0.906. The Morgan fingerprint density at radius 2 is 2.45 bits per heavy atom. The van der Waals surface area contributed by atoms with E-state index in [1.54, 1.807) is 24.9 Å². The average molecular weight is 176 g/mol. The van der Waals surface area contributed by atoms with Crippen molar-refractivity contribution in [2.75, 3.05) is 25.2 Å². The molecule has 0 aliphatic carbocycles. The van der Waals surface area contributed by atoms with Gasteiger partial charge in [-0.25, -0.2) is 4.79 Å². The smallest absolute Gasteiger partial charge is 0.328 e. The van der Waals surface area contributed by atoms with Crippen LogP contribution < -0.4 is 0 Å². The van der Waals surface area contributed by atoms with Crippen LogP contribution in [0.2, 0.25) is 0 Å². The van der Waals surface area contributed by atoms with Crippen LogP contribution in [0, 0.1) is 0 Å². The van der Waals surface area contributed by atoms with Gasteiger partial charge >= 0.3 is 5.97 Å². The first-order valence-corrected chi connectivity index (χ1v) is 4.39. The van der Waals surface area contributed by atoms with E-state index in [-0.39, 0.29) is 0 Å². The lowest BCUT2D eigenvalue weighted by Gasteiger charge is -1.94. The molecule has 0 amide bonds. The second kappa shape index (κ2) is 7.63. The first-order valence-electron chi connectivity index (χ1n) is 3.23. The Balaban J connectivity index is 3.07. The Hall–Kier alpha value is -0.480. The molecule has 0 fully saturated rings. The van der Waals surface area contributed by atoms with Crippen molar-refractivity contribution in [2.45, 2.75) is 0 Å². The number of aliphatic carboxylic acids is 1. The van der Waals surface area contributed by atoms with Gasteiger partial charge in [-0.2, -0.15) is 11.8 Å². The summed E-state index contributed by atoms with van der Waals surface area (Å²) in [5, 5.41) is 8.20. The van der Waals surface area contributed by atoms with Gasteiger partial charge in [-0.1, -0.05) is 6.08 Å². The van der Waals surface area contributed by atoms with Gasteiger partial charge in [0.05, 0.1) is 6.61 Å². The summed E-state index contributed by atoms with van der Waals surface area (Å²) in [6.45, 7) is 0.714. The van der Waals surface area contributed by atoms with Gasteiger partial charge in [0.25, 0.3) is 0 Å². The number of thioether (sulfide) groups is 1. The Bertz CT molecular complexity index is 134. The number of carbonyl (C=O) groups is 1. The first-order chi connectivity index (χ1) is 5.27. The maximum Gasteiger partial charge on any atom is 0.328 e. The Labute approximate surface area is 70.4 Å². The quantitative estimate of drug-likeness (QED) is 0.484. The van der Waals surface area contributed by atoms with Crippen molar-refractivity contribution < 1.29 is 14.6 Å². The van der Waals surface area contributed by atoms with E-state index in [1.807, 2.05) is 0 Å². The van der Waals surface area contributed by atoms with E-state index < -0.39 is 5.97 Å². The highest BCUT2D eigenvalue weighted by Crippen LogP contribution is 1.98. The molecule has 0 aliphatic rings. The summed E-state index contributed by atoms with van der Waals surface area (Å²) < 4.78 is 4.81. The van der Waals surface area contributed by atoms with Crippen LogP contribution in [0.5, 0.6) is 0 Å². The lowest BCUT2D eigenvalue weighted by Crippen LogP contribution is -1.92. The molecule has 3 nitrogen and oxygen atoms in total. The zero-order valence-corrected chi connectivity index (χ0v) is 7.26. The van der Waals surface area contributed by atoms with Gasteiger partial charge < -0.3 is 9.84 Å². The van der Waals surface area contributed by atoms with E-state index in [9.17, 15) is 4.79 Å². The molecule has 0 spiro atoms. The molecular weight excluding hydrogens is 164 g/mol. The molecule has 0 aliphatic heterocycles. The molecule has 0 heterocycles. The predicted molar refractivity (Wildman–Crippen MR) is 46.0 cm³/mol. The fraction of sp³-hybridized carbons (Fsp3) is 0.571. The van der Waals surface area contributed by atoms with Gasteiger partial charge in [-0.05, 0) is 0 Å². The van der Waals surface area contributed by atoms with Crippen LogP contribution in [-0.4, -0.2) is 36.3 Å². The largest absolute Gasteiger partial charge is 0.478 e. The van der Waals surface area contributed by atoms with Crippen LogP contribution in [0.4, 0.5) is 0 Å². The minimum Gasteiger partial charge on any atom is -0.478 e. The molecular formula is C7H12O3S. The van der Waals surface area contributed by atoms with Crippen LogP contribution in [-0.2, 0) is 9.53 Å². The summed E-state index contributed by atoms with van der Waals surface area (Å²) in [5.74, 6) is 0.744. The minimum absolute atomic E-state index is 0.714. The first kappa shape index (κ1) is 10.5. The number of hydrogen-bond donors (Lipinski definition) is 1. The molecule has 0 saturated heterocycles. The molecule has 0 aromatic heterocycles. The number of carboxylic acids is 1. The van der Waals surface area contributed by atoms with E-state index >= 15 is 0 Å². The van der Waals surface area contributed by atoms with E-state index in [1.165, 1.54) is 0 Å². The number of rotatable bonds is 6. The number of ether oxygens (including phenoxy) is 1. The molecule has 0 atom stereocenters. The van der Waals surface area contributed by atoms with Gasteiger partial charge in [0.1, 0.15) is 0 Å². The molecule has 0 rings (SSSR count). The van der Waals surface area contributed by atoms with Crippen LogP contribution in [0.3, 0.4) is 0 Å². The maximum absolute atomic E-state index is 9.97. The average Bonchev–Trinajstić information content (AvgIpc) is 1.96. The summed E-state index contributed by atoms with van der Waals surface area (Å²) in [4.78, 5) is 9.97. The fourth-order valence-corrected chi connectivity index (χ4v) is 1.13. The van der Waals surface area contributed by atoms with Crippen molar-refractivity contribution in [1.82, 2.24) is 0 Å². The van der Waals surface area contributed by atoms with Crippen molar-refractivity contribution in [3.8, 4) is 0 Å². The highest BCUT2D eigenvalue weighted by atomic mass is 32.2. The lowest BCUT2D eigenvalue weighted by atomic mass is 10.5. The predicted octanol–water partition coefficient (Wildman–Crippen LogP) is 1.01. The molecule has 0 aromatic carbocycles. The maximum atomic E-state index is 9.97. The molecule has 0 aromatic rings. The van der Waals surface area contributed by atoms with Crippen molar-refractivity contribution in [3.63, 3.8) is 0 Å². The molecule has 1 N–H and O–H groups in total. The third-order valence-corrected chi connectivity index (χ3v) is 1.79. The zero-order chi connectivity index (χ0) is 8.53. The van der Waals surface area contributed by atoms with Crippen molar-refractivity contribution in [2.24, 2.45) is 0 Å². The second-order valence-corrected chi connectivity index (χ2v) is 2.96. The van der Waals surface area contributed by atoms with Gasteiger partial charge in [0, 0.05) is 24.7 Å². The van der Waals surface area contributed by atoms with Crippen LogP contribution in [0.25, 0.3) is 0 Å². The molecule has 0 bridgehead atoms. The van der Waals surface area contributed by atoms with E-state index in [0.717, 1.165) is 17.6 Å². The molecule has 4 heteroatoms. The molecule has 64 valence electrons. The highest BCUT2D eigenvalue weighted by molar-refractivity contribution is 7.99. The van der Waals surface area contributed by atoms with Gasteiger partial charge in [0.2, 0.25) is 0 Å². The van der Waals surface area contributed by atoms with E-state index in [0.29, 0.717) is 6.61 Å². The number of carboxylic acid groups (broad SMARTS) is 1. The normalized spacial score (nSPS) is 10.6. The Morgan fingerprint density at radius 1 is 1.73 bits per heavy atom. The van der Waals surface area contributed by atoms with Crippen LogP contribution >= 0.6 is 11.8 Å². The van der Waals surface area contributed by atoms with Crippen molar-refractivity contribution >= 4 is 17.7 Å². The summed E-state index contributed by atoms with van der Waals surface area (Å²) >= 11 is 1.64. The Morgan fingerprint density at radius 3 is 3.00 bits per heavy atom. The SMILES string of the molecule is COCCSCC=CC(=O)O. The third kappa shape index (κ3) is 9.52. The monoisotopic (exact) mass is 176 g/mol. The minimum atomic E-state index is -0.891. The Kier molecular flexibility index (Phi) is 7.29. The number of methoxy groups -OCH3 is 1. The molecule has 11 heavy (non-hydrogen) atoms. The fourth-order valence-electron chi connectivity index (χ4n) is 0.443. The topological polar surface area (TPSA) is 46.5 Å². The molecule has 0 saturated carbocycles. The summed E-state index contributed by atoms with van der Waals surface area (Å²) in [7, 11) is 1.65. The van der Waals surface area contributed by atoms with Crippen molar-refractivity contribution in [3.05, 3.63) is 12.2 Å². The van der Waals surface area contributed by atoms with Crippen LogP contribution in [0.1, 0.15) is 0 Å². The standard InChI is InChI=1S/C7H12O3S/c1-10-4-6-11-5-2-3-7(8)9/h2-3H,4-6H2,1H3,(H,8,9). The lowest BCUT2D eigenvalue weighted by molar-refractivity contribution is -0.131.